The van der Waals surface area contributed by atoms with Crippen LogP contribution in [0.3, 0.4) is 0 Å². The number of ether oxygens (including phenoxy) is 2. The van der Waals surface area contributed by atoms with E-state index in [2.05, 4.69) is 10.0 Å². The molecule has 1 saturated heterocycles. The van der Waals surface area contributed by atoms with Crippen LogP contribution in [0, 0.1) is 0 Å². The van der Waals surface area contributed by atoms with Gasteiger partial charge in [0.05, 0.1) is 24.2 Å². The van der Waals surface area contributed by atoms with Crippen molar-refractivity contribution in [1.29, 1.82) is 0 Å². The Kier molecular flexibility index (Phi) is 6.01. The second-order valence-electron chi connectivity index (χ2n) is 6.00. The Morgan fingerprint density at radius 1 is 1.22 bits per heavy atom. The van der Waals surface area contributed by atoms with Crippen molar-refractivity contribution in [3.05, 3.63) is 53.1 Å². The normalized spacial score (nSPS) is 16.9. The van der Waals surface area contributed by atoms with Crippen LogP contribution in [0.4, 0.5) is 5.69 Å². The van der Waals surface area contributed by atoms with Crippen molar-refractivity contribution in [2.45, 2.75) is 17.4 Å². The standard InChI is InChI=1S/C18H19ClN2O5S/c1-25-17-7-6-15(27(23,24)21-14-8-9-26-11-14)10-16(17)18(22)20-13-4-2-12(19)3-5-13/h2-7,10,14,21H,8-9,11H2,1H3,(H,20,22)/t14-/m0/s1. The monoisotopic (exact) mass is 410 g/mol. The van der Waals surface area contributed by atoms with Gasteiger partial charge < -0.3 is 14.8 Å². The van der Waals surface area contributed by atoms with E-state index in [-0.39, 0.29) is 22.3 Å². The summed E-state index contributed by atoms with van der Waals surface area (Å²) >= 11 is 5.84. The molecule has 0 aliphatic carbocycles. The van der Waals surface area contributed by atoms with Gasteiger partial charge in [-0.05, 0) is 48.9 Å². The molecule has 1 amide bonds. The highest BCUT2D eigenvalue weighted by atomic mass is 35.5. The predicted octanol–water partition coefficient (Wildman–Crippen LogP) is 2.67. The van der Waals surface area contributed by atoms with Gasteiger partial charge in [0, 0.05) is 23.4 Å². The molecule has 0 spiro atoms. The van der Waals surface area contributed by atoms with Gasteiger partial charge in [-0.3, -0.25) is 4.79 Å². The van der Waals surface area contributed by atoms with Crippen LogP contribution in [0.15, 0.2) is 47.4 Å². The molecule has 0 bridgehead atoms. The molecule has 9 heteroatoms. The summed E-state index contributed by atoms with van der Waals surface area (Å²) in [5, 5.41) is 3.24. The first-order valence-corrected chi connectivity index (χ1v) is 10.1. The highest BCUT2D eigenvalue weighted by Crippen LogP contribution is 2.24. The molecule has 144 valence electrons. The Labute approximate surface area is 162 Å². The minimum atomic E-state index is -3.79. The minimum Gasteiger partial charge on any atom is -0.496 e. The zero-order valence-corrected chi connectivity index (χ0v) is 16.1. The zero-order valence-electron chi connectivity index (χ0n) is 14.6. The molecule has 7 nitrogen and oxygen atoms in total. The van der Waals surface area contributed by atoms with Gasteiger partial charge in [0.1, 0.15) is 5.75 Å². The first kappa shape index (κ1) is 19.6. The van der Waals surface area contributed by atoms with E-state index in [1.54, 1.807) is 24.3 Å². The van der Waals surface area contributed by atoms with E-state index < -0.39 is 15.9 Å². The molecule has 0 aromatic heterocycles. The second kappa shape index (κ2) is 8.26. The lowest BCUT2D eigenvalue weighted by molar-refractivity contribution is 0.102. The Morgan fingerprint density at radius 2 is 1.96 bits per heavy atom. The summed E-state index contributed by atoms with van der Waals surface area (Å²) < 4.78 is 38.2. The zero-order chi connectivity index (χ0) is 19.4. The molecule has 1 aliphatic rings. The van der Waals surface area contributed by atoms with E-state index in [0.29, 0.717) is 30.3 Å². The largest absolute Gasteiger partial charge is 0.496 e. The molecule has 0 unspecified atom stereocenters. The number of carbonyl (C=O) groups excluding carboxylic acids is 1. The number of methoxy groups -OCH3 is 1. The van der Waals surface area contributed by atoms with Crippen molar-refractivity contribution < 1.29 is 22.7 Å². The van der Waals surface area contributed by atoms with Crippen molar-refractivity contribution in [1.82, 2.24) is 4.72 Å². The fourth-order valence-corrected chi connectivity index (χ4v) is 4.09. The van der Waals surface area contributed by atoms with E-state index >= 15 is 0 Å². The smallest absolute Gasteiger partial charge is 0.259 e. The van der Waals surface area contributed by atoms with E-state index in [4.69, 9.17) is 21.1 Å². The Hall–Kier alpha value is -2.13. The maximum atomic E-state index is 12.6. The molecule has 2 N–H and O–H groups in total. The number of anilines is 1. The molecule has 1 fully saturated rings. The Bertz CT molecular complexity index is 925. The van der Waals surface area contributed by atoms with Gasteiger partial charge in [-0.15, -0.1) is 0 Å². The average molecular weight is 411 g/mol. The van der Waals surface area contributed by atoms with E-state index in [9.17, 15) is 13.2 Å². The SMILES string of the molecule is COc1ccc(S(=O)(=O)N[C@H]2CCOC2)cc1C(=O)Nc1ccc(Cl)cc1. The number of hydrogen-bond donors (Lipinski definition) is 2. The van der Waals surface area contributed by atoms with Gasteiger partial charge in [-0.2, -0.15) is 0 Å². The summed E-state index contributed by atoms with van der Waals surface area (Å²) in [4.78, 5) is 12.6. The number of carbonyl (C=O) groups is 1. The molecule has 27 heavy (non-hydrogen) atoms. The molecular weight excluding hydrogens is 392 g/mol. The molecule has 1 atom stereocenters. The Balaban J connectivity index is 1.86. The third-order valence-corrected chi connectivity index (χ3v) is 5.85. The lowest BCUT2D eigenvalue weighted by atomic mass is 10.2. The van der Waals surface area contributed by atoms with E-state index in [1.165, 1.54) is 25.3 Å². The van der Waals surface area contributed by atoms with Gasteiger partial charge >= 0.3 is 0 Å². The van der Waals surface area contributed by atoms with E-state index in [0.717, 1.165) is 0 Å². The highest BCUT2D eigenvalue weighted by Gasteiger charge is 2.25. The van der Waals surface area contributed by atoms with Crippen molar-refractivity contribution in [3.63, 3.8) is 0 Å². The third-order valence-electron chi connectivity index (χ3n) is 4.08. The van der Waals surface area contributed by atoms with Gasteiger partial charge in [-0.1, -0.05) is 11.6 Å². The summed E-state index contributed by atoms with van der Waals surface area (Å²) in [6.45, 7) is 0.851. The minimum absolute atomic E-state index is 0.0172. The molecular formula is C18H19ClN2O5S. The number of amides is 1. The molecule has 0 saturated carbocycles. The van der Waals surface area contributed by atoms with Gasteiger partial charge in [0.25, 0.3) is 5.91 Å². The topological polar surface area (TPSA) is 93.7 Å². The summed E-state index contributed by atoms with van der Waals surface area (Å²) in [6, 6.07) is 10.5. The summed E-state index contributed by atoms with van der Waals surface area (Å²) in [7, 11) is -2.37. The third kappa shape index (κ3) is 4.78. The van der Waals surface area contributed by atoms with Crippen LogP contribution in [-0.2, 0) is 14.8 Å². The number of sulfonamides is 1. The van der Waals surface area contributed by atoms with Crippen LogP contribution in [0.5, 0.6) is 5.75 Å². The summed E-state index contributed by atoms with van der Waals surface area (Å²) in [5.41, 5.74) is 0.638. The van der Waals surface area contributed by atoms with Crippen molar-refractivity contribution in [2.75, 3.05) is 25.6 Å². The number of halogens is 1. The second-order valence-corrected chi connectivity index (χ2v) is 8.16. The maximum Gasteiger partial charge on any atom is 0.259 e. The first-order valence-electron chi connectivity index (χ1n) is 8.24. The Morgan fingerprint density at radius 3 is 2.59 bits per heavy atom. The molecule has 3 rings (SSSR count). The summed E-state index contributed by atoms with van der Waals surface area (Å²) in [6.07, 6.45) is 0.610. The quantitative estimate of drug-likeness (QED) is 0.763. The van der Waals surface area contributed by atoms with Crippen LogP contribution in [0.25, 0.3) is 0 Å². The lowest BCUT2D eigenvalue weighted by Crippen LogP contribution is -2.35. The summed E-state index contributed by atoms with van der Waals surface area (Å²) in [5.74, 6) is -0.222. The molecule has 0 radical (unpaired) electrons. The predicted molar refractivity (Wildman–Crippen MR) is 102 cm³/mol. The molecule has 2 aromatic carbocycles. The molecule has 2 aromatic rings. The fraction of sp³-hybridized carbons (Fsp3) is 0.278. The lowest BCUT2D eigenvalue weighted by Gasteiger charge is -2.14. The van der Waals surface area contributed by atoms with Gasteiger partial charge in [-0.25, -0.2) is 13.1 Å². The number of benzene rings is 2. The number of nitrogens with one attached hydrogen (secondary N) is 2. The van der Waals surface area contributed by atoms with E-state index in [1.807, 2.05) is 0 Å². The fourth-order valence-electron chi connectivity index (χ4n) is 2.68. The molecule has 1 heterocycles. The van der Waals surface area contributed by atoms with Crippen LogP contribution >= 0.6 is 11.6 Å². The van der Waals surface area contributed by atoms with Crippen LogP contribution < -0.4 is 14.8 Å². The molecule has 1 aliphatic heterocycles. The number of hydrogen-bond acceptors (Lipinski definition) is 5. The van der Waals surface area contributed by atoms with Crippen molar-refractivity contribution in [3.8, 4) is 5.75 Å². The average Bonchev–Trinajstić information content (AvgIpc) is 3.15. The first-order chi connectivity index (χ1) is 12.9. The number of rotatable bonds is 6. The van der Waals surface area contributed by atoms with Crippen LogP contribution in [-0.4, -0.2) is 40.7 Å². The maximum absolute atomic E-state index is 12.6. The van der Waals surface area contributed by atoms with Gasteiger partial charge in [0.2, 0.25) is 10.0 Å². The van der Waals surface area contributed by atoms with Crippen LogP contribution in [0.1, 0.15) is 16.8 Å². The highest BCUT2D eigenvalue weighted by molar-refractivity contribution is 7.89. The van der Waals surface area contributed by atoms with Gasteiger partial charge in [0.15, 0.2) is 0 Å². The van der Waals surface area contributed by atoms with Crippen molar-refractivity contribution >= 4 is 33.2 Å². The van der Waals surface area contributed by atoms with Crippen LogP contribution in [0.2, 0.25) is 5.02 Å². The van der Waals surface area contributed by atoms with Crippen molar-refractivity contribution in [2.24, 2.45) is 0 Å².